The number of esters is 2. The Kier molecular flexibility index (Phi) is 22.7. The number of unbranched alkanes of at least 4 members (excludes halogenated alkanes) is 1. The first-order valence-corrected chi connectivity index (χ1v) is 9.68. The Morgan fingerprint density at radius 3 is 1.72 bits per heavy atom. The predicted octanol–water partition coefficient (Wildman–Crippen LogP) is 4.00. The van der Waals surface area contributed by atoms with E-state index in [9.17, 15) is 19.2 Å². The maximum atomic E-state index is 10.8. The lowest BCUT2D eigenvalue weighted by Gasteiger charge is -2.03. The van der Waals surface area contributed by atoms with Gasteiger partial charge in [-0.1, -0.05) is 39.3 Å². The molecule has 0 N–H and O–H groups in total. The fourth-order valence-corrected chi connectivity index (χ4v) is 2.10. The van der Waals surface area contributed by atoms with Crippen molar-refractivity contribution in [3.8, 4) is 0 Å². The Morgan fingerprint density at radius 1 is 0.880 bits per heavy atom. The number of alkyl halides is 2. The Bertz CT molecular complexity index is 378. The highest BCUT2D eigenvalue weighted by Gasteiger charge is 2.10. The van der Waals surface area contributed by atoms with Crippen LogP contribution in [0.1, 0.15) is 59.3 Å². The van der Waals surface area contributed by atoms with E-state index in [4.69, 9.17) is 0 Å². The van der Waals surface area contributed by atoms with Crippen LogP contribution in [0.25, 0.3) is 0 Å². The number of rotatable bonds is 11. The molecule has 0 fully saturated rings. The van der Waals surface area contributed by atoms with Gasteiger partial charge in [-0.3, -0.25) is 19.2 Å². The van der Waals surface area contributed by atoms with Gasteiger partial charge in [-0.15, -0.1) is 0 Å². The van der Waals surface area contributed by atoms with Crippen LogP contribution in [-0.2, 0) is 28.7 Å². The van der Waals surface area contributed by atoms with E-state index in [1.807, 2.05) is 0 Å². The molecule has 0 amide bonds. The van der Waals surface area contributed by atoms with E-state index < -0.39 is 0 Å². The fraction of sp³-hybridized carbons (Fsp3) is 0.765. The van der Waals surface area contributed by atoms with Crippen molar-refractivity contribution in [2.75, 3.05) is 19.5 Å². The van der Waals surface area contributed by atoms with Gasteiger partial charge in [0, 0.05) is 19.3 Å². The molecule has 0 heterocycles. The Hall–Kier alpha value is -0.760. The van der Waals surface area contributed by atoms with Crippen molar-refractivity contribution in [3.63, 3.8) is 0 Å². The van der Waals surface area contributed by atoms with Crippen molar-refractivity contribution < 1.29 is 28.7 Å². The second-order valence-electron chi connectivity index (χ2n) is 5.00. The van der Waals surface area contributed by atoms with Gasteiger partial charge in [-0.2, -0.15) is 0 Å². The number of Topliss-reactive ketones (excluding diaryl/α,β-unsaturated/α-hetero) is 2. The fourth-order valence-electron chi connectivity index (χ4n) is 1.49. The van der Waals surface area contributed by atoms with Crippen LogP contribution in [0.5, 0.6) is 0 Å². The zero-order chi connectivity index (χ0) is 19.0. The largest absolute Gasteiger partial charge is 0.469 e. The minimum atomic E-state index is -0.224. The average molecular weight is 490 g/mol. The first kappa shape index (κ1) is 29.0. The zero-order valence-electron chi connectivity index (χ0n) is 14.4. The van der Waals surface area contributed by atoms with Crippen LogP contribution in [0, 0.1) is 0 Å². The van der Waals surface area contributed by atoms with Crippen molar-refractivity contribution >= 4 is 55.4 Å². The quantitative estimate of drug-likeness (QED) is 0.247. The number of hydrogen-bond acceptors (Lipinski definition) is 6. The van der Waals surface area contributed by atoms with Crippen LogP contribution in [-0.4, -0.2) is 47.9 Å². The van der Waals surface area contributed by atoms with Gasteiger partial charge in [0.25, 0.3) is 0 Å². The van der Waals surface area contributed by atoms with E-state index in [-0.39, 0.29) is 35.8 Å². The van der Waals surface area contributed by atoms with E-state index in [0.29, 0.717) is 37.4 Å². The first-order chi connectivity index (χ1) is 11.3. The van der Waals surface area contributed by atoms with Crippen LogP contribution in [0.15, 0.2) is 0 Å². The number of carbonyl (C=O) groups is 4. The third kappa shape index (κ3) is 21.2. The summed E-state index contributed by atoms with van der Waals surface area (Å²) < 4.78 is 8.90. The number of methoxy groups -OCH3 is 2. The standard InChI is InChI=1S/2C8H13BrO3.CH4/c1-6(10)7(9)4-3-5-8(11)12-2;1-12-8(11)5-3-2-4-7(10)6-9;/h7H,3-5H2,1-2H3;2-6H2,1H3;1H4. The van der Waals surface area contributed by atoms with Crippen molar-refractivity contribution in [1.82, 2.24) is 0 Å². The highest BCUT2D eigenvalue weighted by Crippen LogP contribution is 2.10. The maximum absolute atomic E-state index is 10.8. The minimum absolute atomic E-state index is 0. The number of carbonyl (C=O) groups excluding carboxylic acids is 4. The molecule has 1 unspecified atom stereocenters. The van der Waals surface area contributed by atoms with Gasteiger partial charge in [-0.25, -0.2) is 0 Å². The van der Waals surface area contributed by atoms with E-state index >= 15 is 0 Å². The molecule has 0 saturated carbocycles. The molecule has 0 aromatic carbocycles. The molecule has 0 aliphatic carbocycles. The Labute approximate surface area is 167 Å². The van der Waals surface area contributed by atoms with Gasteiger partial charge in [0.05, 0.1) is 24.4 Å². The molecule has 0 spiro atoms. The highest BCUT2D eigenvalue weighted by atomic mass is 79.9. The lowest BCUT2D eigenvalue weighted by molar-refractivity contribution is -0.141. The van der Waals surface area contributed by atoms with Crippen LogP contribution >= 0.6 is 31.9 Å². The lowest BCUT2D eigenvalue weighted by atomic mass is 10.1. The van der Waals surface area contributed by atoms with Crippen molar-refractivity contribution in [1.29, 1.82) is 0 Å². The van der Waals surface area contributed by atoms with Crippen molar-refractivity contribution in [3.05, 3.63) is 0 Å². The smallest absolute Gasteiger partial charge is 0.305 e. The predicted molar refractivity (Wildman–Crippen MR) is 105 cm³/mol. The summed E-state index contributed by atoms with van der Waals surface area (Å²) in [5.74, 6) is -0.153. The van der Waals surface area contributed by atoms with Crippen LogP contribution in [0.3, 0.4) is 0 Å². The van der Waals surface area contributed by atoms with Gasteiger partial charge in [0.15, 0.2) is 0 Å². The molecule has 0 rings (SSSR count). The Balaban J connectivity index is -0.000000372. The summed E-state index contributed by atoms with van der Waals surface area (Å²) in [6, 6.07) is 0. The van der Waals surface area contributed by atoms with Gasteiger partial charge in [0.2, 0.25) is 0 Å². The molecule has 0 radical (unpaired) electrons. The van der Waals surface area contributed by atoms with E-state index in [1.54, 1.807) is 0 Å². The number of ketones is 2. The summed E-state index contributed by atoms with van der Waals surface area (Å²) in [5.41, 5.74) is 0. The SMILES string of the molecule is C.COC(=O)CCCC(Br)C(C)=O.COC(=O)CCCCC(=O)CBr. The van der Waals surface area contributed by atoms with Crippen LogP contribution in [0.4, 0.5) is 0 Å². The first-order valence-electron chi connectivity index (χ1n) is 7.64. The summed E-state index contributed by atoms with van der Waals surface area (Å²) in [6.07, 6.45) is 4.19. The molecule has 1 atom stereocenters. The van der Waals surface area contributed by atoms with Crippen molar-refractivity contribution in [2.45, 2.75) is 64.1 Å². The molecule has 0 bridgehead atoms. The number of hydrogen-bond donors (Lipinski definition) is 0. The summed E-state index contributed by atoms with van der Waals surface area (Å²) >= 11 is 6.28. The molecule has 0 aliphatic rings. The lowest BCUT2D eigenvalue weighted by Crippen LogP contribution is -2.10. The molecule has 0 aliphatic heterocycles. The minimum Gasteiger partial charge on any atom is -0.469 e. The molecular weight excluding hydrogens is 460 g/mol. The highest BCUT2D eigenvalue weighted by molar-refractivity contribution is 9.10. The second-order valence-corrected chi connectivity index (χ2v) is 6.67. The summed E-state index contributed by atoms with van der Waals surface area (Å²) in [6.45, 7) is 1.53. The van der Waals surface area contributed by atoms with Gasteiger partial charge in [-0.05, 0) is 32.6 Å². The summed E-state index contributed by atoms with van der Waals surface area (Å²) in [7, 11) is 2.73. The molecule has 0 saturated heterocycles. The molecule has 6 nitrogen and oxygen atoms in total. The van der Waals surface area contributed by atoms with Crippen LogP contribution in [0.2, 0.25) is 0 Å². The van der Waals surface area contributed by atoms with Gasteiger partial charge < -0.3 is 9.47 Å². The van der Waals surface area contributed by atoms with Gasteiger partial charge in [0.1, 0.15) is 11.6 Å². The number of halogens is 2. The molecule has 0 aromatic heterocycles. The van der Waals surface area contributed by atoms with Crippen molar-refractivity contribution in [2.24, 2.45) is 0 Å². The molecule has 25 heavy (non-hydrogen) atoms. The normalized spacial score (nSPS) is 10.4. The topological polar surface area (TPSA) is 86.7 Å². The summed E-state index contributed by atoms with van der Waals surface area (Å²) in [5, 5.41) is 0.408. The number of ether oxygens (including phenoxy) is 2. The van der Waals surface area contributed by atoms with E-state index in [1.165, 1.54) is 21.1 Å². The third-order valence-electron chi connectivity index (χ3n) is 2.97. The monoisotopic (exact) mass is 488 g/mol. The zero-order valence-corrected chi connectivity index (χ0v) is 17.6. The molecule has 148 valence electrons. The second kappa shape index (κ2) is 19.6. The third-order valence-corrected chi connectivity index (χ3v) is 4.70. The summed E-state index contributed by atoms with van der Waals surface area (Å²) in [4.78, 5) is 42.6. The van der Waals surface area contributed by atoms with Gasteiger partial charge >= 0.3 is 11.9 Å². The Morgan fingerprint density at radius 2 is 1.32 bits per heavy atom. The molecule has 8 heteroatoms. The average Bonchev–Trinajstić information content (AvgIpc) is 2.58. The van der Waals surface area contributed by atoms with E-state index in [0.717, 1.165) is 12.8 Å². The maximum Gasteiger partial charge on any atom is 0.305 e. The van der Waals surface area contributed by atoms with Crippen LogP contribution < -0.4 is 0 Å². The molecular formula is C17H30Br2O6. The van der Waals surface area contributed by atoms with E-state index in [2.05, 4.69) is 41.3 Å². The molecule has 0 aromatic rings.